The van der Waals surface area contributed by atoms with Gasteiger partial charge in [0.15, 0.2) is 5.65 Å². The van der Waals surface area contributed by atoms with E-state index in [4.69, 9.17) is 10.5 Å². The Balaban J connectivity index is 1.50. The van der Waals surface area contributed by atoms with E-state index in [1.54, 1.807) is 7.11 Å². The van der Waals surface area contributed by atoms with Crippen molar-refractivity contribution in [2.45, 2.75) is 12.8 Å². The monoisotopic (exact) mass is 372 g/mol. The van der Waals surface area contributed by atoms with E-state index in [0.29, 0.717) is 24.4 Å². The lowest BCUT2D eigenvalue weighted by molar-refractivity contribution is -0.117. The van der Waals surface area contributed by atoms with Crippen molar-refractivity contribution >= 4 is 17.4 Å². The van der Waals surface area contributed by atoms with Gasteiger partial charge in [0.05, 0.1) is 12.8 Å². The Kier molecular flexibility index (Phi) is 4.76. The van der Waals surface area contributed by atoms with Crippen LogP contribution in [0.25, 0.3) is 16.9 Å². The van der Waals surface area contributed by atoms with Gasteiger partial charge < -0.3 is 10.5 Å². The second kappa shape index (κ2) is 7.52. The van der Waals surface area contributed by atoms with Gasteiger partial charge in [-0.1, -0.05) is 42.5 Å². The lowest BCUT2D eigenvalue weighted by Gasteiger charge is -2.08. The normalized spacial score (nSPS) is 10.9. The molecule has 0 aliphatic heterocycles. The molecule has 4 aromatic rings. The second-order valence-corrected chi connectivity index (χ2v) is 6.60. The Morgan fingerprint density at radius 2 is 1.71 bits per heavy atom. The molecule has 6 heteroatoms. The molecule has 4 rings (SSSR count). The summed E-state index contributed by atoms with van der Waals surface area (Å²) in [6, 6.07) is 21.3. The number of nitrogens with two attached hydrogens (primary N) is 1. The molecule has 0 amide bonds. The molecular weight excluding hydrogens is 352 g/mol. The number of pyridine rings is 1. The Morgan fingerprint density at radius 3 is 2.50 bits per heavy atom. The van der Waals surface area contributed by atoms with Gasteiger partial charge in [0, 0.05) is 12.8 Å². The number of nitrogens with zero attached hydrogens (tertiary/aromatic N) is 3. The highest BCUT2D eigenvalue weighted by Gasteiger charge is 2.10. The van der Waals surface area contributed by atoms with E-state index in [1.165, 1.54) is 0 Å². The molecule has 0 saturated heterocycles. The SMILES string of the molecule is COc1cccc(CC(=O)Cc2ccc(-c3cccc4nnc(N)n34)cc2)c1. The van der Waals surface area contributed by atoms with Crippen LogP contribution >= 0.6 is 0 Å². The first-order chi connectivity index (χ1) is 13.6. The summed E-state index contributed by atoms with van der Waals surface area (Å²) in [5.41, 5.74) is 10.5. The van der Waals surface area contributed by atoms with Gasteiger partial charge in [-0.05, 0) is 41.0 Å². The van der Waals surface area contributed by atoms with Crippen LogP contribution in [0.4, 0.5) is 5.95 Å². The fourth-order valence-corrected chi connectivity index (χ4v) is 3.28. The number of benzene rings is 2. The van der Waals surface area contributed by atoms with Gasteiger partial charge >= 0.3 is 0 Å². The third kappa shape index (κ3) is 3.57. The van der Waals surface area contributed by atoms with E-state index >= 15 is 0 Å². The van der Waals surface area contributed by atoms with Gasteiger partial charge in [0.2, 0.25) is 5.95 Å². The third-order valence-corrected chi connectivity index (χ3v) is 4.64. The van der Waals surface area contributed by atoms with Gasteiger partial charge in [-0.3, -0.25) is 9.20 Å². The van der Waals surface area contributed by atoms with Crippen molar-refractivity contribution in [3.63, 3.8) is 0 Å². The van der Waals surface area contributed by atoms with Crippen LogP contribution in [0.1, 0.15) is 11.1 Å². The summed E-state index contributed by atoms with van der Waals surface area (Å²) >= 11 is 0. The van der Waals surface area contributed by atoms with Crippen molar-refractivity contribution in [2.75, 3.05) is 12.8 Å². The molecule has 2 N–H and O–H groups in total. The van der Waals surface area contributed by atoms with Crippen LogP contribution < -0.4 is 10.5 Å². The minimum absolute atomic E-state index is 0.158. The Hall–Kier alpha value is -3.67. The molecule has 28 heavy (non-hydrogen) atoms. The lowest BCUT2D eigenvalue weighted by atomic mass is 10.0. The standard InChI is InChI=1S/C22H20N4O2/c1-28-19-5-2-4-16(14-19)13-18(27)12-15-8-10-17(11-9-15)20-6-3-7-21-24-25-22(23)26(20)21/h2-11,14H,12-13H2,1H3,(H2,23,25). The van der Waals surface area contributed by atoms with Crippen molar-refractivity contribution in [3.8, 4) is 17.0 Å². The first-order valence-corrected chi connectivity index (χ1v) is 8.97. The highest BCUT2D eigenvalue weighted by atomic mass is 16.5. The molecule has 2 aromatic heterocycles. The van der Waals surface area contributed by atoms with Crippen molar-refractivity contribution in [1.82, 2.24) is 14.6 Å². The lowest BCUT2D eigenvalue weighted by Crippen LogP contribution is -2.06. The van der Waals surface area contributed by atoms with Crippen LogP contribution in [0, 0.1) is 0 Å². The van der Waals surface area contributed by atoms with E-state index < -0.39 is 0 Å². The number of hydrogen-bond donors (Lipinski definition) is 1. The maximum absolute atomic E-state index is 12.4. The first kappa shape index (κ1) is 17.7. The number of anilines is 1. The zero-order valence-corrected chi connectivity index (χ0v) is 15.5. The molecule has 0 spiro atoms. The summed E-state index contributed by atoms with van der Waals surface area (Å²) in [4.78, 5) is 12.4. The van der Waals surface area contributed by atoms with Crippen molar-refractivity contribution in [3.05, 3.63) is 77.9 Å². The van der Waals surface area contributed by atoms with Crippen LogP contribution in [0.15, 0.2) is 66.7 Å². The number of carbonyl (C=O) groups is 1. The number of ketones is 1. The second-order valence-electron chi connectivity index (χ2n) is 6.60. The van der Waals surface area contributed by atoms with E-state index in [9.17, 15) is 4.79 Å². The summed E-state index contributed by atoms with van der Waals surface area (Å²) in [7, 11) is 1.62. The fraction of sp³-hybridized carbons (Fsp3) is 0.136. The largest absolute Gasteiger partial charge is 0.497 e. The van der Waals surface area contributed by atoms with Crippen LogP contribution in [-0.2, 0) is 17.6 Å². The smallest absolute Gasteiger partial charge is 0.226 e. The van der Waals surface area contributed by atoms with Crippen LogP contribution in [0.2, 0.25) is 0 Å². The number of methoxy groups -OCH3 is 1. The molecule has 2 heterocycles. The number of carbonyl (C=O) groups excluding carboxylic acids is 1. The molecule has 140 valence electrons. The number of rotatable bonds is 6. The highest BCUT2D eigenvalue weighted by molar-refractivity contribution is 5.83. The molecule has 0 radical (unpaired) electrons. The number of fused-ring (bicyclic) bond motifs is 1. The summed E-state index contributed by atoms with van der Waals surface area (Å²) in [5.74, 6) is 1.27. The molecule has 2 aromatic carbocycles. The summed E-state index contributed by atoms with van der Waals surface area (Å²) in [6.45, 7) is 0. The molecule has 0 atom stereocenters. The van der Waals surface area contributed by atoms with Crippen molar-refractivity contribution in [2.24, 2.45) is 0 Å². The van der Waals surface area contributed by atoms with Gasteiger partial charge in [-0.15, -0.1) is 10.2 Å². The van der Waals surface area contributed by atoms with E-state index in [1.807, 2.05) is 71.1 Å². The average molecular weight is 372 g/mol. The number of ether oxygens (including phenoxy) is 1. The maximum Gasteiger partial charge on any atom is 0.226 e. The summed E-state index contributed by atoms with van der Waals surface area (Å²) in [6.07, 6.45) is 0.770. The Morgan fingerprint density at radius 1 is 0.964 bits per heavy atom. The van der Waals surface area contributed by atoms with Gasteiger partial charge in [-0.25, -0.2) is 0 Å². The first-order valence-electron chi connectivity index (χ1n) is 8.97. The van der Waals surface area contributed by atoms with E-state index in [0.717, 1.165) is 28.1 Å². The fourth-order valence-electron chi connectivity index (χ4n) is 3.28. The maximum atomic E-state index is 12.4. The van der Waals surface area contributed by atoms with Crippen molar-refractivity contribution < 1.29 is 9.53 Å². The number of aromatic nitrogens is 3. The molecule has 0 saturated carbocycles. The predicted molar refractivity (Wildman–Crippen MR) is 108 cm³/mol. The van der Waals surface area contributed by atoms with Crippen LogP contribution in [0.5, 0.6) is 5.75 Å². The van der Waals surface area contributed by atoms with Crippen molar-refractivity contribution in [1.29, 1.82) is 0 Å². The molecular formula is C22H20N4O2. The number of nitrogen functional groups attached to an aromatic ring is 1. The average Bonchev–Trinajstić information content (AvgIpc) is 3.10. The Labute approximate surface area is 162 Å². The zero-order chi connectivity index (χ0) is 19.5. The quantitative estimate of drug-likeness (QED) is 0.561. The summed E-state index contributed by atoms with van der Waals surface area (Å²) < 4.78 is 7.02. The highest BCUT2D eigenvalue weighted by Crippen LogP contribution is 2.23. The number of Topliss-reactive ketones (excluding diaryl/α,β-unsaturated/α-hetero) is 1. The molecule has 0 fully saturated rings. The number of hydrogen-bond acceptors (Lipinski definition) is 5. The van der Waals surface area contributed by atoms with Gasteiger partial charge in [0.1, 0.15) is 11.5 Å². The van der Waals surface area contributed by atoms with E-state index in [-0.39, 0.29) is 5.78 Å². The van der Waals surface area contributed by atoms with Gasteiger partial charge in [0.25, 0.3) is 0 Å². The minimum Gasteiger partial charge on any atom is -0.497 e. The third-order valence-electron chi connectivity index (χ3n) is 4.64. The molecule has 0 unspecified atom stereocenters. The van der Waals surface area contributed by atoms with E-state index in [2.05, 4.69) is 10.2 Å². The predicted octanol–water partition coefficient (Wildman–Crippen LogP) is 3.34. The summed E-state index contributed by atoms with van der Waals surface area (Å²) in [5, 5.41) is 7.98. The topological polar surface area (TPSA) is 82.5 Å². The van der Waals surface area contributed by atoms with Crippen LogP contribution in [-0.4, -0.2) is 27.5 Å². The molecule has 0 aliphatic rings. The van der Waals surface area contributed by atoms with Gasteiger partial charge in [-0.2, -0.15) is 0 Å². The zero-order valence-electron chi connectivity index (χ0n) is 15.5. The molecule has 6 nitrogen and oxygen atoms in total. The Bertz CT molecular complexity index is 1130. The molecule has 0 aliphatic carbocycles. The van der Waals surface area contributed by atoms with Crippen LogP contribution in [0.3, 0.4) is 0 Å². The molecule has 0 bridgehead atoms. The minimum atomic E-state index is 0.158.